The minimum atomic E-state index is -0.772. The molecule has 112 valence electrons. The summed E-state index contributed by atoms with van der Waals surface area (Å²) in [5.41, 5.74) is 0.278. The van der Waals surface area contributed by atoms with Crippen molar-refractivity contribution in [3.63, 3.8) is 0 Å². The van der Waals surface area contributed by atoms with E-state index in [9.17, 15) is 9.59 Å². The van der Waals surface area contributed by atoms with Crippen molar-refractivity contribution in [2.75, 3.05) is 6.54 Å². The van der Waals surface area contributed by atoms with E-state index in [0.717, 1.165) is 5.56 Å². The molecule has 1 unspecified atom stereocenters. The number of nitrogens with zero attached hydrogens (tertiary/aromatic N) is 1. The maximum absolute atomic E-state index is 12.4. The number of carbonyl (C=O) groups is 2. The van der Waals surface area contributed by atoms with Crippen molar-refractivity contribution in [3.8, 4) is 0 Å². The quantitative estimate of drug-likeness (QED) is 0.846. The van der Waals surface area contributed by atoms with Crippen molar-refractivity contribution in [1.82, 2.24) is 10.2 Å². The lowest BCUT2D eigenvalue weighted by Gasteiger charge is -2.23. The Labute approximate surface area is 125 Å². The molecule has 1 heterocycles. The molecular weight excluding hydrogens is 264 g/mol. The van der Waals surface area contributed by atoms with E-state index in [1.807, 2.05) is 56.3 Å². The Hall–Kier alpha value is -2.10. The van der Waals surface area contributed by atoms with Crippen LogP contribution in [0.2, 0.25) is 0 Å². The van der Waals surface area contributed by atoms with Gasteiger partial charge in [-0.3, -0.25) is 9.69 Å². The van der Waals surface area contributed by atoms with E-state index >= 15 is 0 Å². The maximum atomic E-state index is 12.4. The summed E-state index contributed by atoms with van der Waals surface area (Å²) in [6.07, 6.45) is 4.41. The second-order valence-electron chi connectivity index (χ2n) is 6.09. The van der Waals surface area contributed by atoms with Crippen LogP contribution >= 0.6 is 0 Å². The van der Waals surface area contributed by atoms with Gasteiger partial charge in [-0.15, -0.1) is 0 Å². The van der Waals surface area contributed by atoms with E-state index in [-0.39, 0.29) is 11.9 Å². The van der Waals surface area contributed by atoms with Crippen LogP contribution in [0.15, 0.2) is 36.4 Å². The van der Waals surface area contributed by atoms with Gasteiger partial charge in [0, 0.05) is 6.54 Å². The molecule has 1 saturated heterocycles. The molecule has 1 aliphatic rings. The van der Waals surface area contributed by atoms with Crippen molar-refractivity contribution >= 4 is 18.0 Å². The van der Waals surface area contributed by atoms with Crippen molar-refractivity contribution in [1.29, 1.82) is 0 Å². The van der Waals surface area contributed by atoms with Gasteiger partial charge in [0.1, 0.15) is 5.54 Å². The summed E-state index contributed by atoms with van der Waals surface area (Å²) in [7, 11) is 0. The van der Waals surface area contributed by atoms with Gasteiger partial charge >= 0.3 is 6.03 Å². The number of hydrogen-bond acceptors (Lipinski definition) is 2. The normalized spacial score (nSPS) is 22.4. The first-order chi connectivity index (χ1) is 9.92. The SMILES string of the molecule is CC(C)CC1(C)NC(=O)N(CC=Cc2ccccc2)C1=O. The van der Waals surface area contributed by atoms with Gasteiger partial charge < -0.3 is 5.32 Å². The Kier molecular flexibility index (Phi) is 4.46. The summed E-state index contributed by atoms with van der Waals surface area (Å²) < 4.78 is 0. The molecule has 1 aliphatic heterocycles. The van der Waals surface area contributed by atoms with E-state index in [1.165, 1.54) is 4.90 Å². The third-order valence-corrected chi connectivity index (χ3v) is 3.56. The van der Waals surface area contributed by atoms with E-state index < -0.39 is 5.54 Å². The van der Waals surface area contributed by atoms with Crippen LogP contribution in [0, 0.1) is 5.92 Å². The average molecular weight is 286 g/mol. The van der Waals surface area contributed by atoms with Gasteiger partial charge in [0.2, 0.25) is 0 Å². The largest absolute Gasteiger partial charge is 0.325 e. The number of nitrogens with one attached hydrogen (secondary N) is 1. The number of hydrogen-bond donors (Lipinski definition) is 1. The highest BCUT2D eigenvalue weighted by atomic mass is 16.2. The molecule has 4 nitrogen and oxygen atoms in total. The van der Waals surface area contributed by atoms with Gasteiger partial charge in [0.15, 0.2) is 0 Å². The Morgan fingerprint density at radius 3 is 2.52 bits per heavy atom. The van der Waals surface area contributed by atoms with Gasteiger partial charge in [0.05, 0.1) is 0 Å². The summed E-state index contributed by atoms with van der Waals surface area (Å²) in [4.78, 5) is 25.7. The minimum Gasteiger partial charge on any atom is -0.323 e. The highest BCUT2D eigenvalue weighted by Crippen LogP contribution is 2.24. The molecule has 0 saturated carbocycles. The van der Waals surface area contributed by atoms with Crippen LogP contribution < -0.4 is 5.32 Å². The number of carbonyl (C=O) groups excluding carboxylic acids is 2. The van der Waals surface area contributed by atoms with Gasteiger partial charge in [-0.1, -0.05) is 56.3 Å². The number of imide groups is 1. The highest BCUT2D eigenvalue weighted by molar-refractivity contribution is 6.06. The van der Waals surface area contributed by atoms with Crippen LogP contribution in [0.1, 0.15) is 32.8 Å². The summed E-state index contributed by atoms with van der Waals surface area (Å²) >= 11 is 0. The fraction of sp³-hybridized carbons (Fsp3) is 0.412. The van der Waals surface area contributed by atoms with Crippen molar-refractivity contribution in [2.45, 2.75) is 32.7 Å². The molecule has 1 aromatic carbocycles. The maximum Gasteiger partial charge on any atom is 0.325 e. The Balaban J connectivity index is 2.02. The monoisotopic (exact) mass is 286 g/mol. The zero-order valence-corrected chi connectivity index (χ0v) is 12.8. The molecule has 1 fully saturated rings. The number of urea groups is 1. The third-order valence-electron chi connectivity index (χ3n) is 3.56. The Morgan fingerprint density at radius 2 is 1.90 bits per heavy atom. The van der Waals surface area contributed by atoms with Crippen LogP contribution in [0.25, 0.3) is 6.08 Å². The molecule has 0 spiro atoms. The molecule has 1 atom stereocenters. The van der Waals surface area contributed by atoms with E-state index in [1.54, 1.807) is 6.92 Å². The van der Waals surface area contributed by atoms with E-state index in [2.05, 4.69) is 5.32 Å². The van der Waals surface area contributed by atoms with E-state index in [4.69, 9.17) is 0 Å². The molecule has 4 heteroatoms. The molecule has 21 heavy (non-hydrogen) atoms. The first-order valence-electron chi connectivity index (χ1n) is 7.28. The van der Waals surface area contributed by atoms with Gasteiger partial charge in [0.25, 0.3) is 5.91 Å². The second-order valence-corrected chi connectivity index (χ2v) is 6.09. The molecular formula is C17H22N2O2. The number of benzene rings is 1. The van der Waals surface area contributed by atoms with Gasteiger partial charge in [-0.2, -0.15) is 0 Å². The zero-order valence-electron chi connectivity index (χ0n) is 12.8. The first-order valence-corrected chi connectivity index (χ1v) is 7.28. The standard InChI is InChI=1S/C17H22N2O2/c1-13(2)12-17(3)15(20)19(16(21)18-17)11-7-10-14-8-5-4-6-9-14/h4-10,13H,11-12H2,1-3H3,(H,18,21). The molecule has 1 N–H and O–H groups in total. The van der Waals surface area contributed by atoms with Gasteiger partial charge in [-0.25, -0.2) is 4.79 Å². The smallest absolute Gasteiger partial charge is 0.323 e. The van der Waals surface area contributed by atoms with E-state index in [0.29, 0.717) is 18.9 Å². The number of rotatable bonds is 5. The predicted molar refractivity (Wildman–Crippen MR) is 83.6 cm³/mol. The zero-order chi connectivity index (χ0) is 15.5. The predicted octanol–water partition coefficient (Wildman–Crippen LogP) is 3.06. The molecule has 1 aromatic rings. The van der Waals surface area contributed by atoms with Crippen LogP contribution in [0.3, 0.4) is 0 Å². The molecule has 0 radical (unpaired) electrons. The fourth-order valence-electron chi connectivity index (χ4n) is 2.73. The summed E-state index contributed by atoms with van der Waals surface area (Å²) in [6, 6.07) is 9.50. The highest BCUT2D eigenvalue weighted by Gasteiger charge is 2.47. The summed E-state index contributed by atoms with van der Waals surface area (Å²) in [5, 5.41) is 2.81. The Bertz CT molecular complexity index is 551. The topological polar surface area (TPSA) is 49.4 Å². The van der Waals surface area contributed by atoms with Crippen molar-refractivity contribution in [2.24, 2.45) is 5.92 Å². The lowest BCUT2D eigenvalue weighted by Crippen LogP contribution is -2.45. The molecule has 0 aliphatic carbocycles. The molecule has 0 aromatic heterocycles. The first kappa shape index (κ1) is 15.3. The van der Waals surface area contributed by atoms with Crippen molar-refractivity contribution < 1.29 is 9.59 Å². The van der Waals surface area contributed by atoms with Crippen LogP contribution in [-0.2, 0) is 4.79 Å². The summed E-state index contributed by atoms with van der Waals surface area (Å²) in [6.45, 7) is 6.19. The lowest BCUT2D eigenvalue weighted by atomic mass is 9.91. The molecule has 0 bridgehead atoms. The third kappa shape index (κ3) is 3.51. The Morgan fingerprint density at radius 1 is 1.24 bits per heavy atom. The van der Waals surface area contributed by atoms with Crippen LogP contribution in [0.5, 0.6) is 0 Å². The lowest BCUT2D eigenvalue weighted by molar-refractivity contribution is -0.130. The fourth-order valence-corrected chi connectivity index (χ4v) is 2.73. The van der Waals surface area contributed by atoms with Crippen LogP contribution in [-0.4, -0.2) is 28.9 Å². The molecule has 2 rings (SSSR count). The average Bonchev–Trinajstić information content (AvgIpc) is 2.62. The summed E-state index contributed by atoms with van der Waals surface area (Å²) in [5.74, 6) is 0.206. The number of amides is 3. The van der Waals surface area contributed by atoms with Gasteiger partial charge in [-0.05, 0) is 24.8 Å². The van der Waals surface area contributed by atoms with Crippen molar-refractivity contribution in [3.05, 3.63) is 42.0 Å². The second kappa shape index (κ2) is 6.12. The minimum absolute atomic E-state index is 0.140. The molecule has 3 amide bonds. The van der Waals surface area contributed by atoms with Crippen LogP contribution in [0.4, 0.5) is 4.79 Å².